The predicted molar refractivity (Wildman–Crippen MR) is 104 cm³/mol. The van der Waals surface area contributed by atoms with Gasteiger partial charge < -0.3 is 18.9 Å². The molecule has 0 spiro atoms. The van der Waals surface area contributed by atoms with Crippen molar-refractivity contribution in [2.24, 2.45) is 16.8 Å². The lowest BCUT2D eigenvalue weighted by Gasteiger charge is -2.29. The van der Waals surface area contributed by atoms with Crippen LogP contribution >= 0.6 is 0 Å². The zero-order chi connectivity index (χ0) is 21.6. The van der Waals surface area contributed by atoms with Crippen molar-refractivity contribution in [1.82, 2.24) is 0 Å². The molecule has 0 N–H and O–H groups in total. The molecule has 0 saturated heterocycles. The first-order valence-electron chi connectivity index (χ1n) is 9.08. The number of rotatable bonds is 7. The van der Waals surface area contributed by atoms with Gasteiger partial charge in [0, 0.05) is 11.4 Å². The molecule has 8 nitrogen and oxygen atoms in total. The largest absolute Gasteiger partial charge is 0.490 e. The number of esters is 3. The van der Waals surface area contributed by atoms with Crippen molar-refractivity contribution in [1.29, 1.82) is 0 Å². The Bertz CT molecular complexity index is 839. The normalized spacial score (nSPS) is 18.6. The van der Waals surface area contributed by atoms with E-state index >= 15 is 0 Å². The second kappa shape index (κ2) is 9.86. The minimum absolute atomic E-state index is 0.0158. The van der Waals surface area contributed by atoms with Gasteiger partial charge in [-0.05, 0) is 32.9 Å². The van der Waals surface area contributed by atoms with Crippen LogP contribution in [0, 0.1) is 18.8 Å². The maximum atomic E-state index is 12.8. The van der Waals surface area contributed by atoms with Gasteiger partial charge in [0.25, 0.3) is 0 Å². The highest BCUT2D eigenvalue weighted by molar-refractivity contribution is 6.10. The Morgan fingerprint density at radius 3 is 2.14 bits per heavy atom. The van der Waals surface area contributed by atoms with Crippen LogP contribution in [0.5, 0.6) is 5.75 Å². The quantitative estimate of drug-likeness (QED) is 0.391. The second-order valence-corrected chi connectivity index (χ2v) is 6.55. The van der Waals surface area contributed by atoms with E-state index < -0.39 is 29.7 Å². The van der Waals surface area contributed by atoms with Gasteiger partial charge >= 0.3 is 17.9 Å². The van der Waals surface area contributed by atoms with Crippen molar-refractivity contribution in [2.75, 3.05) is 27.4 Å². The second-order valence-electron chi connectivity index (χ2n) is 6.55. The molecule has 156 valence electrons. The van der Waals surface area contributed by atoms with E-state index in [9.17, 15) is 14.4 Å². The van der Waals surface area contributed by atoms with Gasteiger partial charge in [-0.1, -0.05) is 17.7 Å². The molecule has 0 fully saturated rings. The van der Waals surface area contributed by atoms with Gasteiger partial charge in [0.05, 0.1) is 19.8 Å². The molecular formula is C21H25NO7. The number of carbonyl (C=O) groups is 3. The molecule has 2 atom stereocenters. The molecule has 8 heteroatoms. The molecule has 0 radical (unpaired) electrons. The molecule has 0 bridgehead atoms. The zero-order valence-electron chi connectivity index (χ0n) is 17.2. The topological polar surface area (TPSA) is 100 Å². The van der Waals surface area contributed by atoms with Crippen LogP contribution in [0.15, 0.2) is 40.5 Å². The fraction of sp³-hybridized carbons (Fsp3) is 0.429. The Balaban J connectivity index is 2.13. The van der Waals surface area contributed by atoms with E-state index in [1.54, 1.807) is 13.8 Å². The Morgan fingerprint density at radius 2 is 1.55 bits per heavy atom. The highest BCUT2D eigenvalue weighted by atomic mass is 16.6. The van der Waals surface area contributed by atoms with Crippen LogP contribution in [0.4, 0.5) is 0 Å². The van der Waals surface area contributed by atoms with E-state index in [1.165, 1.54) is 14.2 Å². The number of nitrogens with zero attached hydrogens (tertiary/aromatic N) is 1. The van der Waals surface area contributed by atoms with E-state index in [0.29, 0.717) is 17.2 Å². The molecular weight excluding hydrogens is 378 g/mol. The van der Waals surface area contributed by atoms with Crippen molar-refractivity contribution < 1.29 is 33.3 Å². The summed E-state index contributed by atoms with van der Waals surface area (Å²) in [5, 5.41) is 0. The number of hydrogen-bond acceptors (Lipinski definition) is 8. The van der Waals surface area contributed by atoms with Crippen LogP contribution in [0.1, 0.15) is 19.4 Å². The molecule has 1 unspecified atom stereocenters. The third-order valence-electron chi connectivity index (χ3n) is 4.56. The first-order chi connectivity index (χ1) is 13.8. The Kier molecular flexibility index (Phi) is 7.52. The van der Waals surface area contributed by atoms with Crippen LogP contribution in [-0.2, 0) is 28.6 Å². The van der Waals surface area contributed by atoms with Crippen LogP contribution in [0.2, 0.25) is 0 Å². The third-order valence-corrected chi connectivity index (χ3v) is 4.56. The minimum atomic E-state index is -1.20. The first-order valence-corrected chi connectivity index (χ1v) is 9.08. The number of carbonyl (C=O) groups excluding carboxylic acids is 3. The summed E-state index contributed by atoms with van der Waals surface area (Å²) in [5.41, 5.74) is 1.75. The first kappa shape index (κ1) is 22.1. The summed E-state index contributed by atoms with van der Waals surface area (Å²) < 4.78 is 20.4. The summed E-state index contributed by atoms with van der Waals surface area (Å²) in [6.07, 6.45) is 0. The summed E-state index contributed by atoms with van der Waals surface area (Å²) >= 11 is 0. The lowest BCUT2D eigenvalue weighted by atomic mass is 9.80. The van der Waals surface area contributed by atoms with Crippen molar-refractivity contribution in [3.8, 4) is 5.75 Å². The number of aryl methyl sites for hydroxylation is 1. The van der Waals surface area contributed by atoms with Gasteiger partial charge in [-0.15, -0.1) is 0 Å². The monoisotopic (exact) mass is 403 g/mol. The van der Waals surface area contributed by atoms with Crippen molar-refractivity contribution in [3.05, 3.63) is 41.1 Å². The third kappa shape index (κ3) is 5.22. The number of ether oxygens (including phenoxy) is 4. The summed E-state index contributed by atoms with van der Waals surface area (Å²) in [6, 6.07) is 7.44. The van der Waals surface area contributed by atoms with Gasteiger partial charge in [0.2, 0.25) is 0 Å². The van der Waals surface area contributed by atoms with E-state index in [2.05, 4.69) is 4.99 Å². The van der Waals surface area contributed by atoms with E-state index in [1.807, 2.05) is 31.2 Å². The highest BCUT2D eigenvalue weighted by Crippen LogP contribution is 2.33. The maximum Gasteiger partial charge on any atom is 0.336 e. The number of benzene rings is 1. The Hall–Kier alpha value is -3.16. The Morgan fingerprint density at radius 1 is 0.897 bits per heavy atom. The van der Waals surface area contributed by atoms with Crippen molar-refractivity contribution in [2.45, 2.75) is 20.8 Å². The minimum Gasteiger partial charge on any atom is -0.490 e. The van der Waals surface area contributed by atoms with Gasteiger partial charge in [0.1, 0.15) is 30.8 Å². The maximum absolute atomic E-state index is 12.8. The lowest BCUT2D eigenvalue weighted by molar-refractivity contribution is -0.157. The van der Waals surface area contributed by atoms with E-state index in [-0.39, 0.29) is 18.8 Å². The van der Waals surface area contributed by atoms with Gasteiger partial charge in [-0.2, -0.15) is 0 Å². The molecule has 0 aromatic heterocycles. The molecule has 0 saturated carbocycles. The van der Waals surface area contributed by atoms with Crippen LogP contribution in [-0.4, -0.2) is 51.1 Å². The van der Waals surface area contributed by atoms with Crippen LogP contribution < -0.4 is 4.74 Å². The van der Waals surface area contributed by atoms with Gasteiger partial charge in [-0.3, -0.25) is 14.6 Å². The van der Waals surface area contributed by atoms with Crippen molar-refractivity contribution >= 4 is 23.6 Å². The predicted octanol–water partition coefficient (Wildman–Crippen LogP) is 2.24. The number of aliphatic imine (C=N–C) groups is 1. The fourth-order valence-electron chi connectivity index (χ4n) is 3.13. The van der Waals surface area contributed by atoms with Crippen molar-refractivity contribution in [3.63, 3.8) is 0 Å². The fourth-order valence-corrected chi connectivity index (χ4v) is 3.13. The molecule has 1 aromatic carbocycles. The molecule has 2 rings (SSSR count). The molecule has 0 amide bonds. The van der Waals surface area contributed by atoms with Gasteiger partial charge in [0.15, 0.2) is 0 Å². The molecule has 1 heterocycles. The summed E-state index contributed by atoms with van der Waals surface area (Å²) in [5.74, 6) is -3.80. The standard InChI is InChI=1S/C21H25NO7/c1-12-6-8-15(9-7-12)28-10-11-29-21(25)18-16(19(23)26-4)13(2)22-14(3)17(18)20(24)27-5/h6-9,16,18H,10-11H2,1-5H3/t16?,18-/m1/s1. The lowest BCUT2D eigenvalue weighted by Crippen LogP contribution is -2.42. The highest BCUT2D eigenvalue weighted by Gasteiger charge is 2.46. The molecule has 29 heavy (non-hydrogen) atoms. The summed E-state index contributed by atoms with van der Waals surface area (Å²) in [4.78, 5) is 41.6. The molecule has 1 aliphatic rings. The van der Waals surface area contributed by atoms with E-state index in [0.717, 1.165) is 5.56 Å². The molecule has 0 aliphatic carbocycles. The smallest absolute Gasteiger partial charge is 0.336 e. The zero-order valence-corrected chi connectivity index (χ0v) is 17.2. The Labute approximate surface area is 169 Å². The van der Waals surface area contributed by atoms with Gasteiger partial charge in [-0.25, -0.2) is 4.79 Å². The van der Waals surface area contributed by atoms with Crippen LogP contribution in [0.3, 0.4) is 0 Å². The molecule has 1 aliphatic heterocycles. The molecule has 1 aromatic rings. The summed E-state index contributed by atoms with van der Waals surface area (Å²) in [6.45, 7) is 5.20. The number of methoxy groups -OCH3 is 2. The average Bonchev–Trinajstić information content (AvgIpc) is 2.70. The summed E-state index contributed by atoms with van der Waals surface area (Å²) in [7, 11) is 2.40. The average molecular weight is 403 g/mol. The SMILES string of the molecule is COC(=O)C1=C(C)N=C(C)C(C(=O)OC)[C@H]1C(=O)OCCOc1ccc(C)cc1. The van der Waals surface area contributed by atoms with Crippen LogP contribution in [0.25, 0.3) is 0 Å². The number of hydrogen-bond donors (Lipinski definition) is 0. The van der Waals surface area contributed by atoms with E-state index in [4.69, 9.17) is 18.9 Å². The number of allylic oxidation sites excluding steroid dienone is 1.